The van der Waals surface area contributed by atoms with Gasteiger partial charge in [0.25, 0.3) is 0 Å². The second-order valence-corrected chi connectivity index (χ2v) is 4.52. The van der Waals surface area contributed by atoms with Gasteiger partial charge in [-0.2, -0.15) is 0 Å². The Hall–Kier alpha value is -1.26. The van der Waals surface area contributed by atoms with E-state index >= 15 is 0 Å². The monoisotopic (exact) mass is 215 g/mol. The number of ether oxygens (including phenoxy) is 2. The van der Waals surface area contributed by atoms with E-state index in [1.165, 1.54) is 4.90 Å². The highest BCUT2D eigenvalue weighted by atomic mass is 16.6. The van der Waals surface area contributed by atoms with Crippen LogP contribution in [0, 0.1) is 0 Å². The standard InChI is InChI=1S/C10H17NO4/c1-7(8(12)15-10(2,3)4)11-5-6-14-9(11)13/h7H,5-6H2,1-4H3. The molecule has 1 rings (SSSR count). The Morgan fingerprint density at radius 2 is 2.13 bits per heavy atom. The third-order valence-electron chi connectivity index (χ3n) is 2.01. The number of cyclic esters (lactones) is 1. The first-order chi connectivity index (χ1) is 6.81. The van der Waals surface area contributed by atoms with Gasteiger partial charge in [0.15, 0.2) is 0 Å². The Bertz CT molecular complexity index is 269. The number of amides is 1. The van der Waals surface area contributed by atoms with Crippen LogP contribution >= 0.6 is 0 Å². The van der Waals surface area contributed by atoms with Gasteiger partial charge in [-0.3, -0.25) is 4.90 Å². The summed E-state index contributed by atoms with van der Waals surface area (Å²) < 4.78 is 9.92. The van der Waals surface area contributed by atoms with Gasteiger partial charge < -0.3 is 9.47 Å². The van der Waals surface area contributed by atoms with Crippen molar-refractivity contribution >= 4 is 12.1 Å². The Kier molecular flexibility index (Phi) is 3.21. The fourth-order valence-electron chi connectivity index (χ4n) is 1.27. The van der Waals surface area contributed by atoms with E-state index in [2.05, 4.69) is 0 Å². The van der Waals surface area contributed by atoms with Crippen molar-refractivity contribution in [1.29, 1.82) is 0 Å². The average Bonchev–Trinajstić information content (AvgIpc) is 2.47. The van der Waals surface area contributed by atoms with E-state index in [9.17, 15) is 9.59 Å². The molecular formula is C10H17NO4. The van der Waals surface area contributed by atoms with Crippen LogP contribution in [0.4, 0.5) is 4.79 Å². The highest BCUT2D eigenvalue weighted by molar-refractivity contribution is 5.82. The second-order valence-electron chi connectivity index (χ2n) is 4.52. The smallest absolute Gasteiger partial charge is 0.410 e. The first-order valence-electron chi connectivity index (χ1n) is 4.97. The lowest BCUT2D eigenvalue weighted by atomic mass is 10.2. The van der Waals surface area contributed by atoms with Crippen molar-refractivity contribution in [1.82, 2.24) is 4.90 Å². The van der Waals surface area contributed by atoms with Crippen molar-refractivity contribution in [3.63, 3.8) is 0 Å². The Morgan fingerprint density at radius 1 is 1.53 bits per heavy atom. The maximum absolute atomic E-state index is 11.6. The van der Waals surface area contributed by atoms with Crippen LogP contribution in [0.1, 0.15) is 27.7 Å². The molecule has 0 radical (unpaired) electrons. The molecule has 0 aromatic carbocycles. The van der Waals surface area contributed by atoms with E-state index < -0.39 is 23.7 Å². The lowest BCUT2D eigenvalue weighted by Gasteiger charge is -2.25. The van der Waals surface area contributed by atoms with Gasteiger partial charge >= 0.3 is 12.1 Å². The molecular weight excluding hydrogens is 198 g/mol. The summed E-state index contributed by atoms with van der Waals surface area (Å²) in [5.41, 5.74) is -0.533. The topological polar surface area (TPSA) is 55.8 Å². The van der Waals surface area contributed by atoms with E-state index in [0.717, 1.165) is 0 Å². The molecule has 0 spiro atoms. The summed E-state index contributed by atoms with van der Waals surface area (Å²) in [5, 5.41) is 0. The molecule has 0 aliphatic carbocycles. The van der Waals surface area contributed by atoms with Gasteiger partial charge in [0.1, 0.15) is 18.2 Å². The number of nitrogens with zero attached hydrogens (tertiary/aromatic N) is 1. The molecule has 86 valence electrons. The molecule has 1 unspecified atom stereocenters. The summed E-state index contributed by atoms with van der Waals surface area (Å²) in [6, 6.07) is -0.584. The third kappa shape index (κ3) is 3.11. The Labute approximate surface area is 89.3 Å². The zero-order chi connectivity index (χ0) is 11.6. The maximum atomic E-state index is 11.6. The van der Waals surface area contributed by atoms with Crippen LogP contribution in [-0.4, -0.2) is 41.8 Å². The number of esters is 1. The lowest BCUT2D eigenvalue weighted by molar-refractivity contribution is -0.159. The van der Waals surface area contributed by atoms with Crippen LogP contribution in [0.25, 0.3) is 0 Å². The quantitative estimate of drug-likeness (QED) is 0.649. The molecule has 1 atom stereocenters. The molecule has 5 nitrogen and oxygen atoms in total. The number of rotatable bonds is 2. The van der Waals surface area contributed by atoms with Crippen molar-refractivity contribution in [3.8, 4) is 0 Å². The molecule has 0 N–H and O–H groups in total. The van der Waals surface area contributed by atoms with Crippen LogP contribution < -0.4 is 0 Å². The highest BCUT2D eigenvalue weighted by Gasteiger charge is 2.33. The summed E-state index contributed by atoms with van der Waals surface area (Å²) in [6.45, 7) is 7.80. The lowest BCUT2D eigenvalue weighted by Crippen LogP contribution is -2.43. The first-order valence-corrected chi connectivity index (χ1v) is 4.97. The van der Waals surface area contributed by atoms with Crippen LogP contribution in [0.3, 0.4) is 0 Å². The van der Waals surface area contributed by atoms with E-state index in [1.54, 1.807) is 27.7 Å². The molecule has 0 aromatic heterocycles. The van der Waals surface area contributed by atoms with Crippen LogP contribution in [0.2, 0.25) is 0 Å². The van der Waals surface area contributed by atoms with Gasteiger partial charge in [0.05, 0.1) is 6.54 Å². The average molecular weight is 215 g/mol. The fraction of sp³-hybridized carbons (Fsp3) is 0.800. The van der Waals surface area contributed by atoms with Crippen LogP contribution in [0.15, 0.2) is 0 Å². The van der Waals surface area contributed by atoms with Crippen molar-refractivity contribution in [2.45, 2.75) is 39.3 Å². The number of carbonyl (C=O) groups excluding carboxylic acids is 2. The molecule has 1 fully saturated rings. The van der Waals surface area contributed by atoms with Gasteiger partial charge in [-0.05, 0) is 27.7 Å². The summed E-state index contributed by atoms with van der Waals surface area (Å²) in [7, 11) is 0. The Balaban J connectivity index is 2.56. The molecule has 1 amide bonds. The molecule has 0 bridgehead atoms. The normalized spacial score (nSPS) is 18.7. The molecule has 0 saturated carbocycles. The zero-order valence-electron chi connectivity index (χ0n) is 9.57. The third-order valence-corrected chi connectivity index (χ3v) is 2.01. The van der Waals surface area contributed by atoms with Crippen LogP contribution in [-0.2, 0) is 14.3 Å². The summed E-state index contributed by atoms with van der Waals surface area (Å²) in [6.07, 6.45) is -0.451. The van der Waals surface area contributed by atoms with Gasteiger partial charge in [0.2, 0.25) is 0 Å². The van der Waals surface area contributed by atoms with E-state index in [-0.39, 0.29) is 0 Å². The molecule has 1 saturated heterocycles. The van der Waals surface area contributed by atoms with Gasteiger partial charge in [-0.25, -0.2) is 9.59 Å². The summed E-state index contributed by atoms with van der Waals surface area (Å²) in [5.74, 6) is -0.402. The van der Waals surface area contributed by atoms with Gasteiger partial charge in [-0.15, -0.1) is 0 Å². The first kappa shape index (κ1) is 11.8. The number of hydrogen-bond donors (Lipinski definition) is 0. The SMILES string of the molecule is CC(C(=O)OC(C)(C)C)N1CCOC1=O. The zero-order valence-corrected chi connectivity index (χ0v) is 9.57. The van der Waals surface area contributed by atoms with Crippen molar-refractivity contribution in [2.75, 3.05) is 13.2 Å². The predicted molar refractivity (Wildman–Crippen MR) is 53.4 cm³/mol. The van der Waals surface area contributed by atoms with Gasteiger partial charge in [0, 0.05) is 0 Å². The largest absolute Gasteiger partial charge is 0.458 e. The molecule has 5 heteroatoms. The predicted octanol–water partition coefficient (Wildman–Crippen LogP) is 1.17. The molecule has 15 heavy (non-hydrogen) atoms. The van der Waals surface area contributed by atoms with E-state index in [0.29, 0.717) is 13.2 Å². The molecule has 1 aliphatic rings. The van der Waals surface area contributed by atoms with Crippen molar-refractivity contribution in [2.24, 2.45) is 0 Å². The highest BCUT2D eigenvalue weighted by Crippen LogP contribution is 2.14. The summed E-state index contributed by atoms with van der Waals surface area (Å²) >= 11 is 0. The maximum Gasteiger partial charge on any atom is 0.410 e. The summed E-state index contributed by atoms with van der Waals surface area (Å²) in [4.78, 5) is 24.2. The van der Waals surface area contributed by atoms with Crippen LogP contribution in [0.5, 0.6) is 0 Å². The minimum Gasteiger partial charge on any atom is -0.458 e. The second kappa shape index (κ2) is 4.08. The molecule has 1 heterocycles. The van der Waals surface area contributed by atoms with E-state index in [4.69, 9.17) is 9.47 Å². The molecule has 1 aliphatic heterocycles. The minimum atomic E-state index is -0.584. The minimum absolute atomic E-state index is 0.339. The van der Waals surface area contributed by atoms with Crippen molar-refractivity contribution in [3.05, 3.63) is 0 Å². The Morgan fingerprint density at radius 3 is 2.53 bits per heavy atom. The number of carbonyl (C=O) groups is 2. The fourth-order valence-corrected chi connectivity index (χ4v) is 1.27. The molecule has 0 aromatic rings. The number of hydrogen-bond acceptors (Lipinski definition) is 4. The van der Waals surface area contributed by atoms with Crippen molar-refractivity contribution < 1.29 is 19.1 Å². The van der Waals surface area contributed by atoms with E-state index in [1.807, 2.05) is 0 Å². The van der Waals surface area contributed by atoms with Gasteiger partial charge in [-0.1, -0.05) is 0 Å².